The van der Waals surface area contributed by atoms with Crippen molar-refractivity contribution in [2.75, 3.05) is 19.3 Å². The van der Waals surface area contributed by atoms with Crippen LogP contribution in [0.5, 0.6) is 0 Å². The van der Waals surface area contributed by atoms with Gasteiger partial charge in [-0.1, -0.05) is 0 Å². The number of amides is 1. The molecule has 0 saturated carbocycles. The quantitative estimate of drug-likeness (QED) is 0.797. The maximum atomic E-state index is 12.0. The van der Waals surface area contributed by atoms with E-state index in [1.165, 1.54) is 6.92 Å². The van der Waals surface area contributed by atoms with Crippen LogP contribution < -0.4 is 0 Å². The van der Waals surface area contributed by atoms with Gasteiger partial charge in [0.2, 0.25) is 5.91 Å². The Kier molecular flexibility index (Phi) is 5.34. The Morgan fingerprint density at radius 2 is 1.84 bits per heavy atom. The summed E-state index contributed by atoms with van der Waals surface area (Å²) in [6.45, 7) is 2.44. The monoisotopic (exact) mass is 291 g/mol. The molecule has 0 radical (unpaired) electrons. The zero-order valence-electron chi connectivity index (χ0n) is 11.3. The molecule has 1 aliphatic heterocycles. The number of carbonyl (C=O) groups is 2. The lowest BCUT2D eigenvalue weighted by Gasteiger charge is -2.33. The highest BCUT2D eigenvalue weighted by Crippen LogP contribution is 2.22. The number of piperidine rings is 1. The van der Waals surface area contributed by atoms with E-state index >= 15 is 0 Å². The van der Waals surface area contributed by atoms with Crippen LogP contribution in [-0.2, 0) is 19.4 Å². The normalized spacial score (nSPS) is 19.2. The molecule has 110 valence electrons. The molecule has 1 heterocycles. The number of rotatable bonds is 5. The highest BCUT2D eigenvalue weighted by molar-refractivity contribution is 7.92. The number of carbonyl (C=O) groups excluding carboxylic acids is 1. The second kappa shape index (κ2) is 6.36. The molecule has 1 N–H and O–H groups in total. The van der Waals surface area contributed by atoms with Crippen molar-refractivity contribution in [3.63, 3.8) is 0 Å². The number of sulfone groups is 1. The summed E-state index contributed by atoms with van der Waals surface area (Å²) in [5, 5.41) is 7.62. The molecular weight excluding hydrogens is 270 g/mol. The van der Waals surface area contributed by atoms with Gasteiger partial charge in [-0.3, -0.25) is 9.59 Å². The molecule has 1 saturated heterocycles. The Bertz CT molecular complexity index is 437. The topological polar surface area (TPSA) is 91.8 Å². The van der Waals surface area contributed by atoms with Crippen molar-refractivity contribution in [3.8, 4) is 0 Å². The molecule has 1 fully saturated rings. The molecule has 1 unspecified atom stereocenters. The van der Waals surface area contributed by atoms with E-state index in [-0.39, 0.29) is 12.3 Å². The summed E-state index contributed by atoms with van der Waals surface area (Å²) in [6, 6.07) is 0. The van der Waals surface area contributed by atoms with Crippen LogP contribution in [0.2, 0.25) is 0 Å². The summed E-state index contributed by atoms with van der Waals surface area (Å²) >= 11 is 0. The third kappa shape index (κ3) is 4.81. The SMILES string of the molecule is CC(C(=O)N1CCC(CCC(=O)O)CC1)S(C)(=O)=O. The van der Waals surface area contributed by atoms with Gasteiger partial charge in [0.15, 0.2) is 9.84 Å². The summed E-state index contributed by atoms with van der Waals surface area (Å²) in [7, 11) is -3.36. The number of aliphatic carboxylic acids is 1. The molecule has 0 spiro atoms. The average Bonchev–Trinajstić information content (AvgIpc) is 2.34. The van der Waals surface area contributed by atoms with Gasteiger partial charge in [0.1, 0.15) is 5.25 Å². The molecule has 7 heteroatoms. The minimum atomic E-state index is -3.36. The van der Waals surface area contributed by atoms with Gasteiger partial charge < -0.3 is 10.0 Å². The Labute approximate surface area is 113 Å². The first-order valence-electron chi connectivity index (χ1n) is 6.41. The first-order chi connectivity index (χ1) is 8.71. The molecule has 0 bridgehead atoms. The third-order valence-corrected chi connectivity index (χ3v) is 5.17. The van der Waals surface area contributed by atoms with Crippen LogP contribution in [0.25, 0.3) is 0 Å². The molecule has 0 aromatic rings. The highest BCUT2D eigenvalue weighted by Gasteiger charge is 2.30. The fourth-order valence-corrected chi connectivity index (χ4v) is 2.73. The van der Waals surface area contributed by atoms with Crippen molar-refractivity contribution in [3.05, 3.63) is 0 Å². The van der Waals surface area contributed by atoms with Gasteiger partial charge in [-0.15, -0.1) is 0 Å². The lowest BCUT2D eigenvalue weighted by Crippen LogP contribution is -2.45. The van der Waals surface area contributed by atoms with Gasteiger partial charge in [-0.05, 0) is 32.1 Å². The van der Waals surface area contributed by atoms with Gasteiger partial charge in [-0.2, -0.15) is 0 Å². The van der Waals surface area contributed by atoms with E-state index in [4.69, 9.17) is 5.11 Å². The van der Waals surface area contributed by atoms with E-state index in [0.29, 0.717) is 25.4 Å². The molecular formula is C12H21NO5S. The van der Waals surface area contributed by atoms with Crippen LogP contribution in [0.15, 0.2) is 0 Å². The molecule has 1 amide bonds. The summed E-state index contributed by atoms with van der Waals surface area (Å²) in [5.41, 5.74) is 0. The largest absolute Gasteiger partial charge is 0.481 e. The van der Waals surface area contributed by atoms with Gasteiger partial charge in [0.25, 0.3) is 0 Å². The molecule has 1 aliphatic rings. The summed E-state index contributed by atoms with van der Waals surface area (Å²) in [4.78, 5) is 24.0. The maximum Gasteiger partial charge on any atom is 0.303 e. The Balaban J connectivity index is 2.45. The predicted octanol–water partition coefficient (Wildman–Crippen LogP) is 0.523. The third-order valence-electron chi connectivity index (χ3n) is 3.68. The zero-order valence-corrected chi connectivity index (χ0v) is 12.1. The highest BCUT2D eigenvalue weighted by atomic mass is 32.2. The fraction of sp³-hybridized carbons (Fsp3) is 0.833. The number of carboxylic acid groups (broad SMARTS) is 1. The number of carboxylic acids is 1. The standard InChI is InChI=1S/C12H21NO5S/c1-9(19(2,17)18)12(16)13-7-5-10(6-8-13)3-4-11(14)15/h9-10H,3-8H2,1-2H3,(H,14,15). The fourth-order valence-electron chi connectivity index (χ4n) is 2.21. The molecule has 1 atom stereocenters. The lowest BCUT2D eigenvalue weighted by atomic mass is 9.92. The number of hydrogen-bond acceptors (Lipinski definition) is 4. The molecule has 6 nitrogen and oxygen atoms in total. The molecule has 0 aromatic carbocycles. The van der Waals surface area contributed by atoms with Gasteiger partial charge in [0.05, 0.1) is 0 Å². The average molecular weight is 291 g/mol. The minimum Gasteiger partial charge on any atom is -0.481 e. The van der Waals surface area contributed by atoms with E-state index in [1.807, 2.05) is 0 Å². The first kappa shape index (κ1) is 15.9. The minimum absolute atomic E-state index is 0.151. The smallest absolute Gasteiger partial charge is 0.303 e. The van der Waals surface area contributed by atoms with Gasteiger partial charge in [0, 0.05) is 25.8 Å². The van der Waals surface area contributed by atoms with Gasteiger partial charge >= 0.3 is 5.97 Å². The summed E-state index contributed by atoms with van der Waals surface area (Å²) < 4.78 is 22.7. The van der Waals surface area contributed by atoms with E-state index in [1.54, 1.807) is 4.90 Å². The van der Waals surface area contributed by atoms with Crippen molar-refractivity contribution in [2.45, 2.75) is 37.9 Å². The van der Waals surface area contributed by atoms with Crippen LogP contribution in [-0.4, -0.2) is 54.9 Å². The predicted molar refractivity (Wildman–Crippen MR) is 70.5 cm³/mol. The van der Waals surface area contributed by atoms with Crippen molar-refractivity contribution < 1.29 is 23.1 Å². The molecule has 19 heavy (non-hydrogen) atoms. The number of hydrogen-bond donors (Lipinski definition) is 1. The summed E-state index contributed by atoms with van der Waals surface area (Å²) in [6.07, 6.45) is 3.33. The molecule has 1 rings (SSSR count). The number of likely N-dealkylation sites (tertiary alicyclic amines) is 1. The van der Waals surface area contributed by atoms with E-state index in [9.17, 15) is 18.0 Å². The molecule has 0 aliphatic carbocycles. The summed E-state index contributed by atoms with van der Waals surface area (Å²) in [5.74, 6) is -0.836. The number of nitrogens with zero attached hydrogens (tertiary/aromatic N) is 1. The van der Waals surface area contributed by atoms with Crippen molar-refractivity contribution in [1.29, 1.82) is 0 Å². The van der Waals surface area contributed by atoms with Crippen molar-refractivity contribution >= 4 is 21.7 Å². The van der Waals surface area contributed by atoms with E-state index < -0.39 is 21.1 Å². The Morgan fingerprint density at radius 3 is 2.26 bits per heavy atom. The van der Waals surface area contributed by atoms with Crippen LogP contribution in [0.1, 0.15) is 32.6 Å². The van der Waals surface area contributed by atoms with Crippen LogP contribution in [0.3, 0.4) is 0 Å². The second-order valence-corrected chi connectivity index (χ2v) is 7.54. The van der Waals surface area contributed by atoms with Crippen molar-refractivity contribution in [1.82, 2.24) is 4.90 Å². The Hall–Kier alpha value is -1.11. The molecule has 0 aromatic heterocycles. The van der Waals surface area contributed by atoms with Crippen molar-refractivity contribution in [2.24, 2.45) is 5.92 Å². The first-order valence-corrected chi connectivity index (χ1v) is 8.36. The van der Waals surface area contributed by atoms with Crippen LogP contribution in [0.4, 0.5) is 0 Å². The maximum absolute atomic E-state index is 12.0. The second-order valence-electron chi connectivity index (χ2n) is 5.17. The zero-order chi connectivity index (χ0) is 14.6. The Morgan fingerprint density at radius 1 is 1.32 bits per heavy atom. The van der Waals surface area contributed by atoms with Crippen LogP contribution in [0, 0.1) is 5.92 Å². The van der Waals surface area contributed by atoms with Gasteiger partial charge in [-0.25, -0.2) is 8.42 Å². The van der Waals surface area contributed by atoms with Crippen LogP contribution >= 0.6 is 0 Å². The van der Waals surface area contributed by atoms with E-state index in [0.717, 1.165) is 19.1 Å². The van der Waals surface area contributed by atoms with E-state index in [2.05, 4.69) is 0 Å². The lowest BCUT2D eigenvalue weighted by molar-refractivity contribution is -0.138.